The van der Waals surface area contributed by atoms with E-state index < -0.39 is 0 Å². The molecular formula is C61H45N9. The molecular weight excluding hydrogens is 859 g/mol. The normalized spacial score (nSPS) is 12.4. The molecule has 0 saturated carbocycles. The highest BCUT2D eigenvalue weighted by molar-refractivity contribution is 6.17. The zero-order chi connectivity index (χ0) is 47.9. The number of nitrogens with two attached hydrogens (primary N) is 2. The van der Waals surface area contributed by atoms with Crippen LogP contribution in [0.1, 0.15) is 66.9 Å². The summed E-state index contributed by atoms with van der Waals surface area (Å²) in [7, 11) is 1.93. The molecule has 334 valence electrons. The highest BCUT2D eigenvalue weighted by Crippen LogP contribution is 2.21. The Labute approximate surface area is 408 Å². The minimum absolute atomic E-state index is 0.732. The van der Waals surface area contributed by atoms with Crippen LogP contribution >= 0.6 is 0 Å². The monoisotopic (exact) mass is 903 g/mol. The molecule has 0 unspecified atom stereocenters. The molecule has 6 aromatic carbocycles. The molecule has 0 fully saturated rings. The van der Waals surface area contributed by atoms with Crippen molar-refractivity contribution in [3.05, 3.63) is 250 Å². The third-order valence-corrected chi connectivity index (χ3v) is 11.3. The lowest BCUT2D eigenvalue weighted by molar-refractivity contribution is 0.899. The maximum atomic E-state index is 5.72. The molecule has 0 spiro atoms. The highest BCUT2D eigenvalue weighted by Gasteiger charge is 2.15. The Balaban J connectivity index is 0.000000116. The Morgan fingerprint density at radius 3 is 1.23 bits per heavy atom. The molecule has 0 saturated heterocycles. The SMILES string of the molecule is C(#Cc1ccncc1)C1=NCc2ccccc21.Cn1cncc1C#CC1=NCc2ccccc21.Nc1ccc(C#CC2=NCc3ccccc32)cc1.Nc1cccc(C#CC2=NCc3ccccc32)c1. The van der Waals surface area contributed by atoms with E-state index in [1.807, 2.05) is 121 Å². The van der Waals surface area contributed by atoms with Gasteiger partial charge in [-0.05, 0) is 106 Å². The van der Waals surface area contributed by atoms with Gasteiger partial charge in [-0.2, -0.15) is 0 Å². The summed E-state index contributed by atoms with van der Waals surface area (Å²) in [5.74, 6) is 24.9. The molecule has 4 N–H and O–H groups in total. The van der Waals surface area contributed by atoms with Crippen LogP contribution in [0, 0.1) is 47.4 Å². The number of nitrogen functional groups attached to an aromatic ring is 2. The Kier molecular flexibility index (Phi) is 14.3. The van der Waals surface area contributed by atoms with Gasteiger partial charge in [0.1, 0.15) is 28.5 Å². The number of rotatable bonds is 0. The van der Waals surface area contributed by atoms with Gasteiger partial charge in [-0.15, -0.1) is 0 Å². The van der Waals surface area contributed by atoms with E-state index >= 15 is 0 Å². The lowest BCUT2D eigenvalue weighted by Gasteiger charge is -1.96. The van der Waals surface area contributed by atoms with E-state index in [4.69, 9.17) is 11.5 Å². The van der Waals surface area contributed by atoms with Crippen molar-refractivity contribution in [1.29, 1.82) is 0 Å². The first-order valence-corrected chi connectivity index (χ1v) is 22.6. The number of imidazole rings is 1. The van der Waals surface area contributed by atoms with Gasteiger partial charge in [0.25, 0.3) is 0 Å². The minimum atomic E-state index is 0.732. The van der Waals surface area contributed by atoms with E-state index in [0.29, 0.717) is 0 Å². The van der Waals surface area contributed by atoms with Gasteiger partial charge in [0.2, 0.25) is 0 Å². The first-order valence-electron chi connectivity index (χ1n) is 22.6. The number of nitrogens with zero attached hydrogens (tertiary/aromatic N) is 7. The molecule has 4 aliphatic heterocycles. The van der Waals surface area contributed by atoms with E-state index in [9.17, 15) is 0 Å². The topological polar surface area (TPSA) is 132 Å². The first kappa shape index (κ1) is 45.4. The summed E-state index contributed by atoms with van der Waals surface area (Å²) in [6.45, 7) is 2.96. The zero-order valence-corrected chi connectivity index (χ0v) is 38.4. The molecule has 9 nitrogen and oxygen atoms in total. The summed E-state index contributed by atoms with van der Waals surface area (Å²) in [6.07, 6.45) is 6.99. The molecule has 0 amide bonds. The maximum Gasteiger partial charge on any atom is 0.115 e. The highest BCUT2D eigenvalue weighted by atomic mass is 15.0. The average Bonchev–Trinajstić information content (AvgIpc) is 4.27. The van der Waals surface area contributed by atoms with Crippen molar-refractivity contribution in [3.8, 4) is 47.4 Å². The summed E-state index contributed by atoms with van der Waals surface area (Å²) < 4.78 is 1.90. The number of hydrogen-bond donors (Lipinski definition) is 2. The van der Waals surface area contributed by atoms with Gasteiger partial charge in [-0.25, -0.2) is 4.98 Å². The molecule has 0 aliphatic carbocycles. The number of aryl methyl sites for hydroxylation is 1. The number of aliphatic imine (C=N–C) groups is 4. The lowest BCUT2D eigenvalue weighted by atomic mass is 10.1. The van der Waals surface area contributed by atoms with Gasteiger partial charge in [-0.1, -0.05) is 121 Å². The van der Waals surface area contributed by atoms with Crippen molar-refractivity contribution < 1.29 is 0 Å². The second-order valence-electron chi connectivity index (χ2n) is 16.2. The number of aromatic nitrogens is 3. The zero-order valence-electron chi connectivity index (χ0n) is 38.4. The molecule has 70 heavy (non-hydrogen) atoms. The van der Waals surface area contributed by atoms with Crippen LogP contribution < -0.4 is 11.5 Å². The summed E-state index contributed by atoms with van der Waals surface area (Å²) in [6, 6.07) is 51.8. The van der Waals surface area contributed by atoms with Gasteiger partial charge in [0.05, 0.1) is 38.7 Å². The molecule has 12 rings (SSSR count). The Hall–Kier alpha value is -9.80. The van der Waals surface area contributed by atoms with Crippen LogP contribution in [0.5, 0.6) is 0 Å². The van der Waals surface area contributed by atoms with Gasteiger partial charge < -0.3 is 16.0 Å². The molecule has 4 aliphatic rings. The molecule has 0 bridgehead atoms. The van der Waals surface area contributed by atoms with Gasteiger partial charge in [0, 0.05) is 69.8 Å². The smallest absolute Gasteiger partial charge is 0.115 e. The molecule has 0 atom stereocenters. The van der Waals surface area contributed by atoms with Crippen molar-refractivity contribution in [2.45, 2.75) is 26.2 Å². The number of benzene rings is 6. The van der Waals surface area contributed by atoms with Crippen LogP contribution in [0.25, 0.3) is 0 Å². The predicted octanol–water partition coefficient (Wildman–Crippen LogP) is 9.46. The van der Waals surface area contributed by atoms with Crippen molar-refractivity contribution >= 4 is 34.2 Å². The summed E-state index contributed by atoms with van der Waals surface area (Å²) in [5.41, 5.74) is 29.7. The second-order valence-corrected chi connectivity index (χ2v) is 16.2. The molecule has 9 heteroatoms. The average molecular weight is 904 g/mol. The van der Waals surface area contributed by atoms with E-state index in [0.717, 1.165) is 105 Å². The molecule has 2 aromatic heterocycles. The van der Waals surface area contributed by atoms with Gasteiger partial charge in [-0.3, -0.25) is 25.0 Å². The van der Waals surface area contributed by atoms with Crippen molar-refractivity contribution in [2.75, 3.05) is 11.5 Å². The summed E-state index contributed by atoms with van der Waals surface area (Å²) in [4.78, 5) is 25.8. The lowest BCUT2D eigenvalue weighted by Crippen LogP contribution is -1.95. The quantitative estimate of drug-likeness (QED) is 0.116. The van der Waals surface area contributed by atoms with Crippen LogP contribution in [-0.4, -0.2) is 37.4 Å². The van der Waals surface area contributed by atoms with Crippen molar-refractivity contribution in [2.24, 2.45) is 27.0 Å². The first-order chi connectivity index (χ1) is 34.4. The van der Waals surface area contributed by atoms with Crippen LogP contribution in [0.2, 0.25) is 0 Å². The van der Waals surface area contributed by atoms with Crippen molar-refractivity contribution in [1.82, 2.24) is 14.5 Å². The Morgan fingerprint density at radius 2 is 0.800 bits per heavy atom. The van der Waals surface area contributed by atoms with Crippen LogP contribution in [0.15, 0.2) is 203 Å². The Morgan fingerprint density at radius 1 is 0.386 bits per heavy atom. The van der Waals surface area contributed by atoms with Gasteiger partial charge in [0.15, 0.2) is 0 Å². The van der Waals surface area contributed by atoms with E-state index in [2.05, 4.69) is 126 Å². The van der Waals surface area contributed by atoms with E-state index in [-0.39, 0.29) is 0 Å². The third kappa shape index (κ3) is 11.6. The maximum absolute atomic E-state index is 5.72. The molecule has 0 radical (unpaired) electrons. The van der Waals surface area contributed by atoms with Crippen LogP contribution in [0.3, 0.4) is 0 Å². The second kappa shape index (κ2) is 22.1. The molecule has 8 aromatic rings. The number of hydrogen-bond acceptors (Lipinski definition) is 8. The van der Waals surface area contributed by atoms with E-state index in [1.165, 1.54) is 22.3 Å². The predicted molar refractivity (Wildman–Crippen MR) is 283 cm³/mol. The van der Waals surface area contributed by atoms with Gasteiger partial charge >= 0.3 is 0 Å². The fourth-order valence-electron chi connectivity index (χ4n) is 7.59. The van der Waals surface area contributed by atoms with E-state index in [1.54, 1.807) is 24.9 Å². The van der Waals surface area contributed by atoms with Crippen LogP contribution in [-0.2, 0) is 33.2 Å². The standard InChI is InChI=1S/2C16H12N2.C15H10N2.C14H11N3/c17-14-6-3-4-12(10-14)8-9-16-15-7-2-1-5-13(15)11-18-16;17-14-8-5-12(6-9-14)7-10-16-15-4-2-1-3-13(15)11-18-16;1-2-4-14-13(3-1)11-17-15(14)6-5-12-7-9-16-10-8-12;1-17-10-15-9-12(17)6-7-14-13-5-3-2-4-11(13)8-16-14/h1-7,10H,11,17H2;1-6,8-9H,11,17H2;1-4,7-10H,11H2;2-5,9-10H,8H2,1H3. The molecule has 6 heterocycles. The number of anilines is 2. The minimum Gasteiger partial charge on any atom is -0.399 e. The summed E-state index contributed by atoms with van der Waals surface area (Å²) in [5, 5.41) is 0. The number of fused-ring (bicyclic) bond motifs is 4. The Bertz CT molecular complexity index is 3600. The third-order valence-electron chi connectivity index (χ3n) is 11.3. The fraction of sp³-hybridized carbons (Fsp3) is 0.0820. The van der Waals surface area contributed by atoms with Crippen molar-refractivity contribution in [3.63, 3.8) is 0 Å². The summed E-state index contributed by atoms with van der Waals surface area (Å²) >= 11 is 0. The van der Waals surface area contributed by atoms with Crippen LogP contribution in [0.4, 0.5) is 11.4 Å². The largest absolute Gasteiger partial charge is 0.399 e. The fourth-order valence-corrected chi connectivity index (χ4v) is 7.59. The number of pyridine rings is 1.